The molecule has 0 spiro atoms. The van der Waals surface area contributed by atoms with E-state index in [2.05, 4.69) is 49.7 Å². The van der Waals surface area contributed by atoms with Crippen molar-refractivity contribution < 1.29 is 0 Å². The predicted octanol–water partition coefficient (Wildman–Crippen LogP) is 3.33. The van der Waals surface area contributed by atoms with Gasteiger partial charge in [0.2, 0.25) is 0 Å². The lowest BCUT2D eigenvalue weighted by Gasteiger charge is -2.06. The number of hydrogen-bond donors (Lipinski definition) is 2. The zero-order valence-electron chi connectivity index (χ0n) is 10.8. The fourth-order valence-electron chi connectivity index (χ4n) is 1.67. The first kappa shape index (κ1) is 13.1. The quantitative estimate of drug-likeness (QED) is 0.757. The molecule has 0 aliphatic rings. The fraction of sp³-hybridized carbons (Fsp3) is 0.154. The SMILES string of the molecule is Cc1ncsc1CNc1ccc(Sc2ncn[nH]2)cc1. The second-order valence-corrected chi connectivity index (χ2v) is 6.13. The number of benzene rings is 1. The minimum atomic E-state index is 0.797. The summed E-state index contributed by atoms with van der Waals surface area (Å²) in [5.74, 6) is 0. The van der Waals surface area contributed by atoms with Crippen LogP contribution < -0.4 is 5.32 Å². The number of aryl methyl sites for hydroxylation is 1. The molecule has 0 saturated heterocycles. The van der Waals surface area contributed by atoms with Crippen LogP contribution in [0.15, 0.2) is 46.2 Å². The van der Waals surface area contributed by atoms with E-state index in [4.69, 9.17) is 0 Å². The second-order valence-electron chi connectivity index (χ2n) is 4.13. The summed E-state index contributed by atoms with van der Waals surface area (Å²) in [4.78, 5) is 10.7. The largest absolute Gasteiger partial charge is 0.380 e. The van der Waals surface area contributed by atoms with Gasteiger partial charge in [-0.05, 0) is 31.2 Å². The Kier molecular flexibility index (Phi) is 3.98. The molecule has 102 valence electrons. The van der Waals surface area contributed by atoms with Gasteiger partial charge in [0, 0.05) is 15.5 Å². The third-order valence-electron chi connectivity index (χ3n) is 2.76. The van der Waals surface area contributed by atoms with Crippen LogP contribution in [-0.4, -0.2) is 20.2 Å². The molecule has 20 heavy (non-hydrogen) atoms. The van der Waals surface area contributed by atoms with Gasteiger partial charge in [-0.1, -0.05) is 11.8 Å². The summed E-state index contributed by atoms with van der Waals surface area (Å²) >= 11 is 3.23. The van der Waals surface area contributed by atoms with Crippen LogP contribution in [0.1, 0.15) is 10.6 Å². The number of anilines is 1. The van der Waals surface area contributed by atoms with Gasteiger partial charge in [0.15, 0.2) is 5.16 Å². The molecule has 0 unspecified atom stereocenters. The zero-order valence-corrected chi connectivity index (χ0v) is 12.5. The Balaban J connectivity index is 1.60. The number of hydrogen-bond acceptors (Lipinski definition) is 6. The van der Waals surface area contributed by atoms with E-state index in [-0.39, 0.29) is 0 Å². The van der Waals surface area contributed by atoms with Crippen molar-refractivity contribution in [2.24, 2.45) is 0 Å². The number of rotatable bonds is 5. The summed E-state index contributed by atoms with van der Waals surface area (Å²) in [5.41, 5.74) is 4.07. The monoisotopic (exact) mass is 303 g/mol. The van der Waals surface area contributed by atoms with Gasteiger partial charge in [0.25, 0.3) is 0 Å². The number of aromatic amines is 1. The van der Waals surface area contributed by atoms with Crippen LogP contribution in [0.2, 0.25) is 0 Å². The summed E-state index contributed by atoms with van der Waals surface area (Å²) in [5, 5.41) is 10.9. The van der Waals surface area contributed by atoms with E-state index in [0.717, 1.165) is 28.0 Å². The average Bonchev–Trinajstić information content (AvgIpc) is 3.10. The van der Waals surface area contributed by atoms with E-state index in [1.807, 2.05) is 12.4 Å². The van der Waals surface area contributed by atoms with Crippen molar-refractivity contribution in [3.05, 3.63) is 46.7 Å². The van der Waals surface area contributed by atoms with Crippen molar-refractivity contribution in [2.75, 3.05) is 5.32 Å². The molecule has 0 fully saturated rings. The molecule has 0 radical (unpaired) electrons. The topological polar surface area (TPSA) is 66.5 Å². The maximum Gasteiger partial charge on any atom is 0.188 e. The summed E-state index contributed by atoms with van der Waals surface area (Å²) in [6, 6.07) is 8.26. The summed E-state index contributed by atoms with van der Waals surface area (Å²) in [6.07, 6.45) is 1.51. The van der Waals surface area contributed by atoms with Crippen molar-refractivity contribution in [2.45, 2.75) is 23.5 Å². The highest BCUT2D eigenvalue weighted by Gasteiger charge is 2.02. The lowest BCUT2D eigenvalue weighted by atomic mass is 10.3. The first-order chi connectivity index (χ1) is 9.81. The summed E-state index contributed by atoms with van der Waals surface area (Å²) < 4.78 is 0. The van der Waals surface area contributed by atoms with Gasteiger partial charge < -0.3 is 5.32 Å². The molecule has 0 amide bonds. The van der Waals surface area contributed by atoms with Crippen LogP contribution in [0.25, 0.3) is 0 Å². The average molecular weight is 303 g/mol. The Bertz CT molecular complexity index is 660. The maximum atomic E-state index is 4.24. The van der Waals surface area contributed by atoms with Gasteiger partial charge >= 0.3 is 0 Å². The molecule has 3 rings (SSSR count). The van der Waals surface area contributed by atoms with Crippen molar-refractivity contribution in [1.29, 1.82) is 0 Å². The molecule has 1 aromatic carbocycles. The third-order valence-corrected chi connectivity index (χ3v) is 4.59. The standard InChI is InChI=1S/C13H13N5S2/c1-9-12(19-8-16-9)6-14-10-2-4-11(5-3-10)20-13-15-7-17-18-13/h2-5,7-8,14H,6H2,1H3,(H,15,17,18). The number of thiazole rings is 1. The highest BCUT2D eigenvalue weighted by atomic mass is 32.2. The molecule has 2 N–H and O–H groups in total. The molecule has 0 bridgehead atoms. The molecule has 2 aromatic heterocycles. The van der Waals surface area contributed by atoms with E-state index in [0.29, 0.717) is 0 Å². The van der Waals surface area contributed by atoms with Crippen molar-refractivity contribution >= 4 is 28.8 Å². The minimum absolute atomic E-state index is 0.797. The van der Waals surface area contributed by atoms with Crippen LogP contribution in [-0.2, 0) is 6.54 Å². The van der Waals surface area contributed by atoms with Gasteiger partial charge in [0.1, 0.15) is 6.33 Å². The van der Waals surface area contributed by atoms with Crippen LogP contribution >= 0.6 is 23.1 Å². The van der Waals surface area contributed by atoms with E-state index in [9.17, 15) is 0 Å². The zero-order chi connectivity index (χ0) is 13.8. The van der Waals surface area contributed by atoms with Crippen molar-refractivity contribution in [1.82, 2.24) is 20.2 Å². The van der Waals surface area contributed by atoms with Crippen LogP contribution in [0.4, 0.5) is 5.69 Å². The molecule has 0 aliphatic heterocycles. The molecule has 0 atom stereocenters. The third kappa shape index (κ3) is 3.17. The van der Waals surface area contributed by atoms with Gasteiger partial charge in [-0.2, -0.15) is 5.10 Å². The van der Waals surface area contributed by atoms with Crippen LogP contribution in [0, 0.1) is 6.92 Å². The Morgan fingerprint density at radius 3 is 2.75 bits per heavy atom. The molecule has 0 saturated carbocycles. The number of nitrogens with one attached hydrogen (secondary N) is 2. The van der Waals surface area contributed by atoms with E-state index < -0.39 is 0 Å². The number of aromatic nitrogens is 4. The lowest BCUT2D eigenvalue weighted by Crippen LogP contribution is -1.98. The normalized spacial score (nSPS) is 10.7. The van der Waals surface area contributed by atoms with Crippen molar-refractivity contribution in [3.8, 4) is 0 Å². The van der Waals surface area contributed by atoms with Crippen LogP contribution in [0.3, 0.4) is 0 Å². The molecule has 2 heterocycles. The predicted molar refractivity (Wildman–Crippen MR) is 81.1 cm³/mol. The van der Waals surface area contributed by atoms with Crippen LogP contribution in [0.5, 0.6) is 0 Å². The second kappa shape index (κ2) is 6.06. The molecular weight excluding hydrogens is 290 g/mol. The van der Waals surface area contributed by atoms with Gasteiger partial charge in [-0.25, -0.2) is 9.97 Å². The maximum absolute atomic E-state index is 4.24. The lowest BCUT2D eigenvalue weighted by molar-refractivity contribution is 0.973. The van der Waals surface area contributed by atoms with E-state index in [1.165, 1.54) is 11.2 Å². The molecule has 0 aliphatic carbocycles. The Morgan fingerprint density at radius 1 is 1.25 bits per heavy atom. The van der Waals surface area contributed by atoms with Gasteiger partial charge in [-0.3, -0.25) is 5.10 Å². The molecule has 7 heteroatoms. The minimum Gasteiger partial charge on any atom is -0.380 e. The Hall–Kier alpha value is -1.86. The Morgan fingerprint density at radius 2 is 2.10 bits per heavy atom. The molecule has 5 nitrogen and oxygen atoms in total. The first-order valence-electron chi connectivity index (χ1n) is 6.07. The smallest absolute Gasteiger partial charge is 0.188 e. The Labute approximate surface area is 124 Å². The van der Waals surface area contributed by atoms with E-state index in [1.54, 1.807) is 23.1 Å². The highest BCUT2D eigenvalue weighted by molar-refractivity contribution is 7.99. The summed E-state index contributed by atoms with van der Waals surface area (Å²) in [7, 11) is 0. The number of H-pyrrole nitrogens is 1. The molecular formula is C13H13N5S2. The number of nitrogens with zero attached hydrogens (tertiary/aromatic N) is 3. The highest BCUT2D eigenvalue weighted by Crippen LogP contribution is 2.25. The van der Waals surface area contributed by atoms with Crippen molar-refractivity contribution in [3.63, 3.8) is 0 Å². The fourth-order valence-corrected chi connectivity index (χ4v) is 3.08. The summed E-state index contributed by atoms with van der Waals surface area (Å²) in [6.45, 7) is 2.84. The molecule has 3 aromatic rings. The van der Waals surface area contributed by atoms with E-state index >= 15 is 0 Å². The first-order valence-corrected chi connectivity index (χ1v) is 7.77. The van der Waals surface area contributed by atoms with Gasteiger partial charge in [-0.15, -0.1) is 11.3 Å². The van der Waals surface area contributed by atoms with Gasteiger partial charge in [0.05, 0.1) is 17.7 Å².